The van der Waals surface area contributed by atoms with E-state index >= 15 is 0 Å². The van der Waals surface area contributed by atoms with Crippen molar-refractivity contribution in [3.05, 3.63) is 68.7 Å². The fourth-order valence-corrected chi connectivity index (χ4v) is 2.83. The van der Waals surface area contributed by atoms with Crippen LogP contribution in [0.1, 0.15) is 42.5 Å². The molecule has 106 valence electrons. The molecule has 0 spiro atoms. The fourth-order valence-electron chi connectivity index (χ4n) is 2.17. The Balaban J connectivity index is 2.39. The molecule has 3 N–H and O–H groups in total. The van der Waals surface area contributed by atoms with E-state index < -0.39 is 0 Å². The molecule has 0 aliphatic rings. The van der Waals surface area contributed by atoms with Gasteiger partial charge >= 0.3 is 0 Å². The number of hydrogen-bond acceptors (Lipinski definition) is 2. The molecule has 1 atom stereocenters. The first kappa shape index (κ1) is 15.5. The molecule has 0 aromatic heterocycles. The van der Waals surface area contributed by atoms with E-state index in [-0.39, 0.29) is 6.04 Å². The van der Waals surface area contributed by atoms with Crippen molar-refractivity contribution < 1.29 is 0 Å². The van der Waals surface area contributed by atoms with Crippen LogP contribution in [0.2, 0.25) is 5.02 Å². The number of hydrogen-bond donors (Lipinski definition) is 2. The number of nitrogens with two attached hydrogens (primary N) is 1. The average molecular weight is 354 g/mol. The minimum Gasteiger partial charge on any atom is -0.271 e. The highest BCUT2D eigenvalue weighted by atomic mass is 79.9. The quantitative estimate of drug-likeness (QED) is 0.613. The smallest absolute Gasteiger partial charge is 0.0721 e. The van der Waals surface area contributed by atoms with E-state index in [0.717, 1.165) is 15.6 Å². The van der Waals surface area contributed by atoms with Crippen LogP contribution in [0.4, 0.5) is 0 Å². The maximum Gasteiger partial charge on any atom is 0.0721 e. The molecule has 20 heavy (non-hydrogen) atoms. The minimum atomic E-state index is -0.0933. The summed E-state index contributed by atoms with van der Waals surface area (Å²) >= 11 is 9.64. The Bertz CT molecular complexity index is 582. The van der Waals surface area contributed by atoms with Crippen LogP contribution in [-0.2, 0) is 0 Å². The van der Waals surface area contributed by atoms with E-state index in [1.807, 2.05) is 18.2 Å². The van der Waals surface area contributed by atoms with Gasteiger partial charge in [0.1, 0.15) is 0 Å². The highest BCUT2D eigenvalue weighted by Crippen LogP contribution is 2.31. The summed E-state index contributed by atoms with van der Waals surface area (Å²) in [7, 11) is 0. The first-order valence-electron chi connectivity index (χ1n) is 6.54. The molecule has 2 nitrogen and oxygen atoms in total. The normalized spacial score (nSPS) is 12.7. The molecule has 0 amide bonds. The summed E-state index contributed by atoms with van der Waals surface area (Å²) in [4.78, 5) is 0. The summed E-state index contributed by atoms with van der Waals surface area (Å²) in [5.74, 6) is 6.26. The lowest BCUT2D eigenvalue weighted by atomic mass is 9.95. The largest absolute Gasteiger partial charge is 0.271 e. The first-order valence-corrected chi connectivity index (χ1v) is 7.71. The molecule has 1 unspecified atom stereocenters. The predicted octanol–water partition coefficient (Wildman–Crippen LogP) is 4.78. The van der Waals surface area contributed by atoms with Crippen molar-refractivity contribution in [1.29, 1.82) is 0 Å². The van der Waals surface area contributed by atoms with Crippen molar-refractivity contribution in [1.82, 2.24) is 5.43 Å². The monoisotopic (exact) mass is 352 g/mol. The first-order chi connectivity index (χ1) is 9.52. The Hall–Kier alpha value is -0.870. The summed E-state index contributed by atoms with van der Waals surface area (Å²) in [6.07, 6.45) is 0. The van der Waals surface area contributed by atoms with E-state index in [1.54, 1.807) is 0 Å². The van der Waals surface area contributed by atoms with Crippen molar-refractivity contribution in [3.8, 4) is 0 Å². The zero-order valence-electron chi connectivity index (χ0n) is 11.5. The second-order valence-corrected chi connectivity index (χ2v) is 6.38. The fraction of sp³-hybridized carbons (Fsp3) is 0.250. The number of halogens is 2. The topological polar surface area (TPSA) is 38.0 Å². The summed E-state index contributed by atoms with van der Waals surface area (Å²) in [6, 6.07) is 14.1. The summed E-state index contributed by atoms with van der Waals surface area (Å²) in [5, 5.41) is 0.697. The van der Waals surface area contributed by atoms with Crippen LogP contribution in [0, 0.1) is 0 Å². The van der Waals surface area contributed by atoms with Gasteiger partial charge < -0.3 is 0 Å². The zero-order valence-corrected chi connectivity index (χ0v) is 13.9. The maximum absolute atomic E-state index is 6.08. The van der Waals surface area contributed by atoms with Crippen LogP contribution in [0.15, 0.2) is 46.9 Å². The summed E-state index contributed by atoms with van der Waals surface area (Å²) < 4.78 is 0.984. The van der Waals surface area contributed by atoms with Gasteiger partial charge in [0.15, 0.2) is 0 Å². The molecule has 0 aliphatic carbocycles. The van der Waals surface area contributed by atoms with E-state index in [4.69, 9.17) is 17.4 Å². The van der Waals surface area contributed by atoms with Crippen LogP contribution >= 0.6 is 27.5 Å². The van der Waals surface area contributed by atoms with Gasteiger partial charge in [0.25, 0.3) is 0 Å². The highest BCUT2D eigenvalue weighted by Gasteiger charge is 2.16. The van der Waals surface area contributed by atoms with Gasteiger partial charge in [0, 0.05) is 9.50 Å². The van der Waals surface area contributed by atoms with Gasteiger partial charge in [-0.1, -0.05) is 65.6 Å². The minimum absolute atomic E-state index is 0.0933. The van der Waals surface area contributed by atoms with Crippen molar-refractivity contribution in [2.45, 2.75) is 25.8 Å². The van der Waals surface area contributed by atoms with Crippen molar-refractivity contribution in [3.63, 3.8) is 0 Å². The molecular weight excluding hydrogens is 336 g/mol. The second-order valence-electron chi connectivity index (χ2n) is 5.09. The molecule has 0 saturated carbocycles. The van der Waals surface area contributed by atoms with E-state index in [2.05, 4.69) is 59.5 Å². The zero-order chi connectivity index (χ0) is 14.7. The molecule has 2 aromatic rings. The lowest BCUT2D eigenvalue weighted by molar-refractivity contribution is 0.634. The molecule has 2 aromatic carbocycles. The molecule has 0 saturated heterocycles. The maximum atomic E-state index is 6.08. The molecule has 0 fully saturated rings. The number of benzene rings is 2. The van der Waals surface area contributed by atoms with Crippen LogP contribution in [0.5, 0.6) is 0 Å². The molecule has 0 bridgehead atoms. The van der Waals surface area contributed by atoms with Gasteiger partial charge in [-0.3, -0.25) is 5.84 Å². The Morgan fingerprint density at radius 2 is 1.65 bits per heavy atom. The molecule has 0 radical (unpaired) electrons. The van der Waals surface area contributed by atoms with Crippen LogP contribution in [0.3, 0.4) is 0 Å². The molecule has 4 heteroatoms. The predicted molar refractivity (Wildman–Crippen MR) is 88.8 cm³/mol. The Labute approximate surface area is 133 Å². The van der Waals surface area contributed by atoms with E-state index in [1.165, 1.54) is 5.56 Å². The third kappa shape index (κ3) is 3.41. The van der Waals surface area contributed by atoms with Crippen molar-refractivity contribution in [2.24, 2.45) is 5.84 Å². The van der Waals surface area contributed by atoms with Gasteiger partial charge in [0.05, 0.1) is 6.04 Å². The van der Waals surface area contributed by atoms with Gasteiger partial charge in [0.2, 0.25) is 0 Å². The lowest BCUT2D eigenvalue weighted by Crippen LogP contribution is -2.29. The standard InChI is InChI=1S/C16H18BrClN2/c1-10(2)11-3-5-12(6-4-11)16(20-19)14-9-13(18)7-8-15(14)17/h3-10,16,20H,19H2,1-2H3. The summed E-state index contributed by atoms with van der Waals surface area (Å²) in [5.41, 5.74) is 6.31. The van der Waals surface area contributed by atoms with Gasteiger partial charge in [-0.05, 0) is 40.8 Å². The van der Waals surface area contributed by atoms with E-state index in [0.29, 0.717) is 10.9 Å². The van der Waals surface area contributed by atoms with Crippen molar-refractivity contribution >= 4 is 27.5 Å². The molecule has 2 rings (SSSR count). The van der Waals surface area contributed by atoms with E-state index in [9.17, 15) is 0 Å². The Kier molecular flexibility index (Phi) is 5.22. The lowest BCUT2D eigenvalue weighted by Gasteiger charge is -2.19. The Morgan fingerprint density at radius 1 is 1.05 bits per heavy atom. The average Bonchev–Trinajstić information content (AvgIpc) is 2.44. The van der Waals surface area contributed by atoms with Crippen LogP contribution < -0.4 is 11.3 Å². The van der Waals surface area contributed by atoms with Gasteiger partial charge in [-0.15, -0.1) is 0 Å². The molecule has 0 aliphatic heterocycles. The highest BCUT2D eigenvalue weighted by molar-refractivity contribution is 9.10. The number of hydrazine groups is 1. The Morgan fingerprint density at radius 3 is 2.20 bits per heavy atom. The van der Waals surface area contributed by atoms with Gasteiger partial charge in [-0.2, -0.15) is 0 Å². The van der Waals surface area contributed by atoms with Crippen LogP contribution in [-0.4, -0.2) is 0 Å². The summed E-state index contributed by atoms with van der Waals surface area (Å²) in [6.45, 7) is 4.36. The second kappa shape index (κ2) is 6.72. The van der Waals surface area contributed by atoms with Gasteiger partial charge in [-0.25, -0.2) is 5.43 Å². The number of rotatable bonds is 4. The third-order valence-electron chi connectivity index (χ3n) is 3.37. The molecule has 0 heterocycles. The number of nitrogens with one attached hydrogen (secondary N) is 1. The van der Waals surface area contributed by atoms with Crippen LogP contribution in [0.25, 0.3) is 0 Å². The third-order valence-corrected chi connectivity index (χ3v) is 4.33. The SMILES string of the molecule is CC(C)c1ccc(C(NN)c2cc(Cl)ccc2Br)cc1. The molecular formula is C16H18BrClN2. The van der Waals surface area contributed by atoms with Crippen molar-refractivity contribution in [2.75, 3.05) is 0 Å².